The summed E-state index contributed by atoms with van der Waals surface area (Å²) in [7, 11) is 6.40. The van der Waals surface area contributed by atoms with Crippen LogP contribution in [0.25, 0.3) is 11.1 Å². The molecule has 0 saturated heterocycles. The van der Waals surface area contributed by atoms with Gasteiger partial charge in [0.2, 0.25) is 0 Å². The van der Waals surface area contributed by atoms with E-state index in [9.17, 15) is 0 Å². The fraction of sp³-hybridized carbons (Fsp3) is 0.538. The van der Waals surface area contributed by atoms with Gasteiger partial charge in [-0.1, -0.05) is 70.7 Å². The Balaban J connectivity index is 1.88. The van der Waals surface area contributed by atoms with Crippen LogP contribution < -0.4 is 20.1 Å². The molecule has 1 unspecified atom stereocenters. The lowest BCUT2D eigenvalue weighted by Gasteiger charge is -2.40. The summed E-state index contributed by atoms with van der Waals surface area (Å²) in [4.78, 5) is 0. The van der Waals surface area contributed by atoms with Gasteiger partial charge in [-0.15, -0.1) is 9.24 Å². The van der Waals surface area contributed by atoms with E-state index < -0.39 is 0 Å². The zero-order chi connectivity index (χ0) is 20.9. The first-order valence-electron chi connectivity index (χ1n) is 11.6. The molecule has 0 N–H and O–H groups in total. The van der Waals surface area contributed by atoms with Gasteiger partial charge in [0, 0.05) is 0 Å². The lowest BCUT2D eigenvalue weighted by Crippen LogP contribution is -2.32. The molecule has 2 aromatic rings. The average Bonchev–Trinajstić information content (AvgIpc) is 2.81. The minimum atomic E-state index is -0.224. The molecule has 162 valence electrons. The highest BCUT2D eigenvalue weighted by Crippen LogP contribution is 2.56. The van der Waals surface area contributed by atoms with Crippen molar-refractivity contribution < 1.29 is 9.47 Å². The van der Waals surface area contributed by atoms with Gasteiger partial charge in [-0.3, -0.25) is 0 Å². The van der Waals surface area contributed by atoms with Crippen LogP contribution >= 0.6 is 17.2 Å². The van der Waals surface area contributed by atoms with Gasteiger partial charge in [-0.05, 0) is 65.3 Å². The summed E-state index contributed by atoms with van der Waals surface area (Å²) in [6.45, 7) is 0. The quantitative estimate of drug-likeness (QED) is 0.467. The molecule has 1 atom stereocenters. The second kappa shape index (κ2) is 10.5. The van der Waals surface area contributed by atoms with Crippen molar-refractivity contribution in [3.8, 4) is 22.6 Å². The van der Waals surface area contributed by atoms with Crippen molar-refractivity contribution in [1.82, 2.24) is 0 Å². The lowest BCUT2D eigenvalue weighted by atomic mass is 9.99. The molecule has 4 rings (SSSR count). The van der Waals surface area contributed by atoms with Crippen LogP contribution in [0.1, 0.15) is 64.2 Å². The molecule has 2 fully saturated rings. The Hall–Kier alpha value is -1.10. The monoisotopic (exact) mass is 442 g/mol. The van der Waals surface area contributed by atoms with Gasteiger partial charge in [0.25, 0.3) is 0 Å². The molecule has 0 heterocycles. The first kappa shape index (κ1) is 22.1. The van der Waals surface area contributed by atoms with Crippen molar-refractivity contribution in [3.63, 3.8) is 0 Å². The summed E-state index contributed by atoms with van der Waals surface area (Å²) < 4.78 is 11.7. The third kappa shape index (κ3) is 4.56. The number of ether oxygens (including phenoxy) is 2. The van der Waals surface area contributed by atoms with Crippen LogP contribution in [0.2, 0.25) is 0 Å². The highest BCUT2D eigenvalue weighted by molar-refractivity contribution is 7.68. The van der Waals surface area contributed by atoms with E-state index in [-0.39, 0.29) is 7.92 Å². The van der Waals surface area contributed by atoms with Crippen molar-refractivity contribution in [3.05, 3.63) is 36.4 Å². The van der Waals surface area contributed by atoms with Crippen LogP contribution in [0, 0.1) is 0 Å². The lowest BCUT2D eigenvalue weighted by molar-refractivity contribution is 0.397. The second-order valence-electron chi connectivity index (χ2n) is 8.77. The van der Waals surface area contributed by atoms with Gasteiger partial charge < -0.3 is 9.47 Å². The fourth-order valence-corrected chi connectivity index (χ4v) is 10.3. The average molecular weight is 443 g/mol. The van der Waals surface area contributed by atoms with Crippen LogP contribution in [0.5, 0.6) is 11.5 Å². The van der Waals surface area contributed by atoms with Crippen molar-refractivity contribution in [2.45, 2.75) is 75.5 Å². The SMILES string of the molecule is COc1cccc(OC)c1-c1cccc(P)c1P(C1CCCCC1)C1CCCCC1. The summed E-state index contributed by atoms with van der Waals surface area (Å²) in [6, 6.07) is 13.0. The molecule has 0 bridgehead atoms. The van der Waals surface area contributed by atoms with Gasteiger partial charge in [0.05, 0.1) is 19.8 Å². The first-order valence-corrected chi connectivity index (χ1v) is 13.7. The molecule has 4 heteroatoms. The van der Waals surface area contributed by atoms with E-state index in [4.69, 9.17) is 9.47 Å². The third-order valence-electron chi connectivity index (χ3n) is 6.96. The molecule has 0 radical (unpaired) electrons. The van der Waals surface area contributed by atoms with Crippen LogP contribution in [0.3, 0.4) is 0 Å². The van der Waals surface area contributed by atoms with E-state index in [0.717, 1.165) is 28.4 Å². The minimum Gasteiger partial charge on any atom is -0.496 e. The molecule has 2 aromatic carbocycles. The van der Waals surface area contributed by atoms with Gasteiger partial charge in [0.1, 0.15) is 11.5 Å². The van der Waals surface area contributed by atoms with Gasteiger partial charge in [0.15, 0.2) is 0 Å². The number of hydrogen-bond acceptors (Lipinski definition) is 2. The Kier molecular flexibility index (Phi) is 7.72. The Morgan fingerprint density at radius 3 is 1.73 bits per heavy atom. The smallest absolute Gasteiger partial charge is 0.130 e. The predicted octanol–water partition coefficient (Wildman–Crippen LogP) is 6.64. The molecular weight excluding hydrogens is 406 g/mol. The number of hydrogen-bond donors (Lipinski definition) is 0. The molecule has 2 saturated carbocycles. The topological polar surface area (TPSA) is 18.5 Å². The Morgan fingerprint density at radius 1 is 0.733 bits per heavy atom. The Labute approximate surface area is 186 Å². The molecule has 0 spiro atoms. The van der Waals surface area contributed by atoms with Crippen LogP contribution in [-0.4, -0.2) is 25.5 Å². The number of methoxy groups -OCH3 is 2. The maximum absolute atomic E-state index is 5.83. The van der Waals surface area contributed by atoms with E-state index in [2.05, 4.69) is 39.6 Å². The zero-order valence-electron chi connectivity index (χ0n) is 18.5. The maximum atomic E-state index is 5.83. The highest BCUT2D eigenvalue weighted by Gasteiger charge is 2.35. The molecular formula is C26H36O2P2. The summed E-state index contributed by atoms with van der Waals surface area (Å²) in [5.74, 6) is 1.82. The molecule has 2 aliphatic rings. The van der Waals surface area contributed by atoms with Crippen molar-refractivity contribution in [2.75, 3.05) is 14.2 Å². The van der Waals surface area contributed by atoms with E-state index >= 15 is 0 Å². The summed E-state index contributed by atoms with van der Waals surface area (Å²) >= 11 is 0. The standard InChI is InChI=1S/C26H36O2P2/c1-27-22-16-10-17-23(28-2)25(22)21-15-9-18-24(29)26(21)30(19-11-5-3-6-12-19)20-13-7-4-8-14-20/h9-10,15-20H,3-8,11-14,29H2,1-2H3. The van der Waals surface area contributed by atoms with E-state index in [0.29, 0.717) is 0 Å². The largest absolute Gasteiger partial charge is 0.496 e. The summed E-state index contributed by atoms with van der Waals surface area (Å²) in [6.07, 6.45) is 14.1. The molecule has 2 aliphatic carbocycles. The van der Waals surface area contributed by atoms with E-state index in [1.807, 2.05) is 6.07 Å². The molecule has 0 aliphatic heterocycles. The summed E-state index contributed by atoms with van der Waals surface area (Å²) in [5, 5.41) is 2.97. The fourth-order valence-electron chi connectivity index (χ4n) is 5.55. The van der Waals surface area contributed by atoms with Gasteiger partial charge in [-0.2, -0.15) is 0 Å². The molecule has 2 nitrogen and oxygen atoms in total. The first-order chi connectivity index (χ1) is 14.7. The zero-order valence-corrected chi connectivity index (χ0v) is 20.6. The second-order valence-corrected chi connectivity index (χ2v) is 12.1. The number of benzene rings is 2. The highest BCUT2D eigenvalue weighted by atomic mass is 31.1. The minimum absolute atomic E-state index is 0.224. The van der Waals surface area contributed by atoms with Crippen LogP contribution in [0.4, 0.5) is 0 Å². The van der Waals surface area contributed by atoms with E-state index in [1.54, 1.807) is 19.5 Å². The van der Waals surface area contributed by atoms with Gasteiger partial charge in [-0.25, -0.2) is 0 Å². The third-order valence-corrected chi connectivity index (χ3v) is 11.3. The van der Waals surface area contributed by atoms with Gasteiger partial charge >= 0.3 is 0 Å². The number of rotatable bonds is 6. The Morgan fingerprint density at radius 2 is 1.23 bits per heavy atom. The summed E-state index contributed by atoms with van der Waals surface area (Å²) in [5.41, 5.74) is 4.18. The maximum Gasteiger partial charge on any atom is 0.130 e. The molecule has 0 amide bonds. The van der Waals surface area contributed by atoms with Crippen molar-refractivity contribution in [2.24, 2.45) is 0 Å². The van der Waals surface area contributed by atoms with Crippen molar-refractivity contribution >= 4 is 27.8 Å². The Bertz CT molecular complexity index is 799. The normalized spacial score (nSPS) is 18.5. The van der Waals surface area contributed by atoms with Crippen LogP contribution in [0.15, 0.2) is 36.4 Å². The van der Waals surface area contributed by atoms with Crippen molar-refractivity contribution in [1.29, 1.82) is 0 Å². The molecule has 30 heavy (non-hydrogen) atoms. The molecule has 0 aromatic heterocycles. The van der Waals surface area contributed by atoms with E-state index in [1.165, 1.54) is 75.1 Å². The predicted molar refractivity (Wildman–Crippen MR) is 135 cm³/mol. The van der Waals surface area contributed by atoms with Crippen LogP contribution in [-0.2, 0) is 0 Å².